The number of benzene rings is 3. The third kappa shape index (κ3) is 3.21. The van der Waals surface area contributed by atoms with E-state index >= 15 is 0 Å². The molecule has 29 heavy (non-hydrogen) atoms. The van der Waals surface area contributed by atoms with Gasteiger partial charge in [0.25, 0.3) is 0 Å². The number of rotatable bonds is 2. The van der Waals surface area contributed by atoms with E-state index in [0.717, 1.165) is 33.0 Å². The van der Waals surface area contributed by atoms with Crippen LogP contribution in [-0.2, 0) is 4.79 Å². The third-order valence-corrected chi connectivity index (χ3v) is 4.60. The smallest absolute Gasteiger partial charge is 0.221 e. The summed E-state index contributed by atoms with van der Waals surface area (Å²) in [6.45, 7) is 1.47. The molecular weight excluding hydrogens is 364 g/mol. The minimum Gasteiger partial charge on any atom is -0.453 e. The number of pyridine rings is 1. The van der Waals surface area contributed by atoms with Crippen molar-refractivity contribution in [3.8, 4) is 11.5 Å². The van der Waals surface area contributed by atoms with Gasteiger partial charge in [-0.1, -0.05) is 24.3 Å². The van der Waals surface area contributed by atoms with E-state index in [1.165, 1.54) is 6.92 Å². The first-order valence-corrected chi connectivity index (χ1v) is 9.16. The fourth-order valence-electron chi connectivity index (χ4n) is 3.37. The standard InChI is InChI=1S/C23H16N4O2/c1-14(28)25-16-6-7-19-21(12-16)29-22-13-20(26-15-8-10-24-11-9-15)17-4-2-3-5-18(17)23(22)27-19/h2-13H,1H3,(H,25,28). The third-order valence-electron chi connectivity index (χ3n) is 4.60. The van der Waals surface area contributed by atoms with Gasteiger partial charge >= 0.3 is 0 Å². The number of nitrogens with zero attached hydrogens (tertiary/aromatic N) is 3. The molecule has 2 heterocycles. The minimum atomic E-state index is -0.137. The first kappa shape index (κ1) is 17.1. The van der Waals surface area contributed by atoms with E-state index in [9.17, 15) is 4.79 Å². The monoisotopic (exact) mass is 380 g/mol. The molecule has 1 aliphatic carbocycles. The van der Waals surface area contributed by atoms with E-state index in [2.05, 4.69) is 10.3 Å². The van der Waals surface area contributed by atoms with Gasteiger partial charge in [-0.05, 0) is 24.3 Å². The van der Waals surface area contributed by atoms with Gasteiger partial charge in [-0.2, -0.15) is 0 Å². The van der Waals surface area contributed by atoms with Gasteiger partial charge in [0.15, 0.2) is 11.3 Å². The van der Waals surface area contributed by atoms with E-state index in [4.69, 9.17) is 14.4 Å². The number of carbonyl (C=O) groups excluding carboxylic acids is 1. The van der Waals surface area contributed by atoms with Crippen molar-refractivity contribution in [2.24, 2.45) is 4.99 Å². The molecule has 1 N–H and O–H groups in total. The summed E-state index contributed by atoms with van der Waals surface area (Å²) in [5.74, 6) is 0.492. The molecular formula is C23H16N4O2. The van der Waals surface area contributed by atoms with Crippen molar-refractivity contribution < 1.29 is 9.21 Å². The molecule has 0 bridgehead atoms. The lowest BCUT2D eigenvalue weighted by Crippen LogP contribution is -2.07. The van der Waals surface area contributed by atoms with Crippen molar-refractivity contribution >= 4 is 39.2 Å². The van der Waals surface area contributed by atoms with Gasteiger partial charge in [-0.3, -0.25) is 9.78 Å². The van der Waals surface area contributed by atoms with Crippen LogP contribution >= 0.6 is 0 Å². The molecule has 1 aromatic heterocycles. The Hall–Kier alpha value is -4.06. The molecule has 6 heteroatoms. The summed E-state index contributed by atoms with van der Waals surface area (Å²) in [6, 6.07) is 19.0. The van der Waals surface area contributed by atoms with Crippen molar-refractivity contribution in [1.82, 2.24) is 9.97 Å². The van der Waals surface area contributed by atoms with Gasteiger partial charge in [-0.15, -0.1) is 0 Å². The molecule has 5 rings (SSSR count). The highest BCUT2D eigenvalue weighted by Crippen LogP contribution is 2.31. The molecule has 0 spiro atoms. The highest BCUT2D eigenvalue weighted by Gasteiger charge is 2.15. The molecule has 0 radical (unpaired) electrons. The lowest BCUT2D eigenvalue weighted by atomic mass is 10.0. The zero-order chi connectivity index (χ0) is 19.8. The first-order chi connectivity index (χ1) is 14.2. The molecule has 0 atom stereocenters. The van der Waals surface area contributed by atoms with E-state index in [1.54, 1.807) is 18.5 Å². The van der Waals surface area contributed by atoms with Crippen molar-refractivity contribution in [1.29, 1.82) is 0 Å². The van der Waals surface area contributed by atoms with Crippen LogP contribution in [0.2, 0.25) is 0 Å². The molecule has 0 unspecified atom stereocenters. The van der Waals surface area contributed by atoms with Crippen molar-refractivity contribution in [3.63, 3.8) is 0 Å². The highest BCUT2D eigenvalue weighted by molar-refractivity contribution is 5.97. The Morgan fingerprint density at radius 3 is 2.59 bits per heavy atom. The Morgan fingerprint density at radius 2 is 1.79 bits per heavy atom. The van der Waals surface area contributed by atoms with Crippen molar-refractivity contribution in [3.05, 3.63) is 78.4 Å². The average Bonchev–Trinajstić information content (AvgIpc) is 2.73. The topological polar surface area (TPSA) is 80.4 Å². The average molecular weight is 380 g/mol. The molecule has 1 amide bonds. The zero-order valence-electron chi connectivity index (χ0n) is 15.6. The Morgan fingerprint density at radius 1 is 1.00 bits per heavy atom. The molecule has 3 aromatic rings. The number of aromatic nitrogens is 2. The maximum absolute atomic E-state index is 11.4. The molecule has 6 nitrogen and oxygen atoms in total. The predicted octanol–water partition coefficient (Wildman–Crippen LogP) is 4.67. The van der Waals surface area contributed by atoms with Crippen molar-refractivity contribution in [2.75, 3.05) is 5.32 Å². The van der Waals surface area contributed by atoms with Crippen LogP contribution < -0.4 is 10.7 Å². The van der Waals surface area contributed by atoms with Crippen LogP contribution in [0.1, 0.15) is 6.92 Å². The summed E-state index contributed by atoms with van der Waals surface area (Å²) in [4.78, 5) is 25.0. The fourth-order valence-corrected chi connectivity index (χ4v) is 3.37. The van der Waals surface area contributed by atoms with Gasteiger partial charge in [0.2, 0.25) is 5.91 Å². The number of hydrogen-bond acceptors (Lipinski definition) is 5. The summed E-state index contributed by atoms with van der Waals surface area (Å²) >= 11 is 0. The van der Waals surface area contributed by atoms with E-state index in [-0.39, 0.29) is 5.91 Å². The quantitative estimate of drug-likeness (QED) is 0.356. The number of amides is 1. The zero-order valence-corrected chi connectivity index (χ0v) is 15.6. The Kier molecular flexibility index (Phi) is 4.02. The summed E-state index contributed by atoms with van der Waals surface area (Å²) in [6.07, 6.45) is 3.43. The van der Waals surface area contributed by atoms with E-state index < -0.39 is 0 Å². The van der Waals surface area contributed by atoms with Gasteiger partial charge in [0.05, 0.1) is 11.0 Å². The van der Waals surface area contributed by atoms with Crippen LogP contribution in [0.3, 0.4) is 0 Å². The molecule has 0 saturated heterocycles. The van der Waals surface area contributed by atoms with Gasteiger partial charge in [0, 0.05) is 47.9 Å². The lowest BCUT2D eigenvalue weighted by Gasteiger charge is -2.11. The van der Waals surface area contributed by atoms with Gasteiger partial charge < -0.3 is 9.73 Å². The van der Waals surface area contributed by atoms with Crippen LogP contribution in [0.4, 0.5) is 11.4 Å². The van der Waals surface area contributed by atoms with Crippen LogP contribution in [0.25, 0.3) is 33.3 Å². The molecule has 1 aliphatic heterocycles. The van der Waals surface area contributed by atoms with Crippen LogP contribution in [0.15, 0.2) is 82.5 Å². The molecule has 2 aliphatic rings. The normalized spacial score (nSPS) is 12.0. The maximum Gasteiger partial charge on any atom is 0.221 e. The molecule has 0 saturated carbocycles. The Bertz CT molecular complexity index is 1410. The number of carbonyl (C=O) groups is 1. The van der Waals surface area contributed by atoms with Gasteiger partial charge in [-0.25, -0.2) is 9.98 Å². The Balaban J connectivity index is 1.81. The number of fused-ring (bicyclic) bond motifs is 4. The first-order valence-electron chi connectivity index (χ1n) is 9.16. The number of nitrogens with one attached hydrogen (secondary N) is 1. The molecule has 140 valence electrons. The number of anilines is 1. The van der Waals surface area contributed by atoms with Crippen LogP contribution in [0, 0.1) is 0 Å². The summed E-state index contributed by atoms with van der Waals surface area (Å²) in [5.41, 5.74) is 3.56. The molecule has 0 fully saturated rings. The van der Waals surface area contributed by atoms with Crippen LogP contribution in [-0.4, -0.2) is 15.9 Å². The second kappa shape index (κ2) is 6.83. The number of hydrogen-bond donors (Lipinski definition) is 1. The summed E-state index contributed by atoms with van der Waals surface area (Å²) in [5, 5.41) is 5.52. The fraction of sp³-hybridized carbons (Fsp3) is 0.0435. The lowest BCUT2D eigenvalue weighted by molar-refractivity contribution is -0.114. The SMILES string of the molecule is CC(=O)Nc1ccc2nc3c4ccccc4c(=Nc4ccncc4)cc-3oc2c1. The van der Waals surface area contributed by atoms with Crippen molar-refractivity contribution in [2.45, 2.75) is 6.92 Å². The van der Waals surface area contributed by atoms with E-state index in [1.807, 2.05) is 54.6 Å². The highest BCUT2D eigenvalue weighted by atomic mass is 16.3. The molecule has 2 aromatic carbocycles. The maximum atomic E-state index is 11.4. The van der Waals surface area contributed by atoms with Crippen LogP contribution in [0.5, 0.6) is 0 Å². The predicted molar refractivity (Wildman–Crippen MR) is 112 cm³/mol. The van der Waals surface area contributed by atoms with Gasteiger partial charge in [0.1, 0.15) is 11.2 Å². The summed E-state index contributed by atoms with van der Waals surface area (Å²) in [7, 11) is 0. The largest absolute Gasteiger partial charge is 0.453 e. The summed E-state index contributed by atoms with van der Waals surface area (Å²) < 4.78 is 6.17. The second-order valence-corrected chi connectivity index (χ2v) is 6.68. The minimum absolute atomic E-state index is 0.137. The van der Waals surface area contributed by atoms with E-state index in [0.29, 0.717) is 17.0 Å². The second-order valence-electron chi connectivity index (χ2n) is 6.68. The Labute approximate surface area is 165 Å².